The van der Waals surface area contributed by atoms with Crippen LogP contribution in [0.15, 0.2) is 36.4 Å². The van der Waals surface area contributed by atoms with Crippen molar-refractivity contribution in [2.24, 2.45) is 5.92 Å². The van der Waals surface area contributed by atoms with Crippen LogP contribution in [0.4, 0.5) is 8.78 Å². The van der Waals surface area contributed by atoms with Gasteiger partial charge in [-0.1, -0.05) is 50.1 Å². The van der Waals surface area contributed by atoms with E-state index in [0.717, 1.165) is 17.0 Å². The third-order valence-corrected chi connectivity index (χ3v) is 4.99. The molecule has 0 aliphatic heterocycles. The van der Waals surface area contributed by atoms with E-state index in [1.165, 1.54) is 37.3 Å². The molecule has 0 heterocycles. The molecule has 0 atom stereocenters. The summed E-state index contributed by atoms with van der Waals surface area (Å²) in [6.07, 6.45) is 5.02. The zero-order chi connectivity index (χ0) is 15.7. The SMILES string of the molecule is Cc1ccc(F)c(F)c1-c1ccc(C2CCC(C)CC2)cc1. The molecule has 0 nitrogen and oxygen atoms in total. The summed E-state index contributed by atoms with van der Waals surface area (Å²) in [5.74, 6) is -0.0894. The molecule has 0 spiro atoms. The Morgan fingerprint density at radius 1 is 0.864 bits per heavy atom. The second-order valence-electron chi connectivity index (χ2n) is 6.63. The van der Waals surface area contributed by atoms with Crippen molar-refractivity contribution in [3.8, 4) is 11.1 Å². The molecule has 1 saturated carbocycles. The minimum Gasteiger partial charge on any atom is -0.204 e. The van der Waals surface area contributed by atoms with Crippen LogP contribution in [0, 0.1) is 24.5 Å². The van der Waals surface area contributed by atoms with Gasteiger partial charge < -0.3 is 0 Å². The molecule has 2 heteroatoms. The predicted molar refractivity (Wildman–Crippen MR) is 86.9 cm³/mol. The number of benzene rings is 2. The average molecular weight is 300 g/mol. The zero-order valence-corrected chi connectivity index (χ0v) is 13.2. The van der Waals surface area contributed by atoms with Crippen molar-refractivity contribution in [2.75, 3.05) is 0 Å². The van der Waals surface area contributed by atoms with E-state index in [0.29, 0.717) is 11.5 Å². The van der Waals surface area contributed by atoms with Gasteiger partial charge in [-0.3, -0.25) is 0 Å². The number of aryl methyl sites for hydroxylation is 1. The number of rotatable bonds is 2. The highest BCUT2D eigenvalue weighted by Crippen LogP contribution is 2.36. The van der Waals surface area contributed by atoms with Crippen LogP contribution >= 0.6 is 0 Å². The normalized spacial score (nSPS) is 21.8. The molecule has 0 aromatic heterocycles. The Morgan fingerprint density at radius 2 is 1.50 bits per heavy atom. The predicted octanol–water partition coefficient (Wildman–Crippen LogP) is 6.23. The maximum atomic E-state index is 14.1. The van der Waals surface area contributed by atoms with Crippen molar-refractivity contribution in [1.29, 1.82) is 0 Å². The van der Waals surface area contributed by atoms with E-state index < -0.39 is 11.6 Å². The van der Waals surface area contributed by atoms with E-state index in [4.69, 9.17) is 0 Å². The summed E-state index contributed by atoms with van der Waals surface area (Å²) in [7, 11) is 0. The van der Waals surface area contributed by atoms with Crippen molar-refractivity contribution in [3.05, 3.63) is 59.2 Å². The lowest BCUT2D eigenvalue weighted by atomic mass is 9.79. The van der Waals surface area contributed by atoms with Gasteiger partial charge in [-0.05, 0) is 54.4 Å². The molecule has 0 N–H and O–H groups in total. The molecule has 2 aromatic rings. The maximum Gasteiger partial charge on any atom is 0.166 e. The van der Waals surface area contributed by atoms with E-state index >= 15 is 0 Å². The second-order valence-corrected chi connectivity index (χ2v) is 6.63. The number of hydrogen-bond acceptors (Lipinski definition) is 0. The molecule has 1 fully saturated rings. The first-order valence-corrected chi connectivity index (χ1v) is 8.11. The monoisotopic (exact) mass is 300 g/mol. The Morgan fingerprint density at radius 3 is 2.14 bits per heavy atom. The van der Waals surface area contributed by atoms with Crippen LogP contribution in [-0.4, -0.2) is 0 Å². The Kier molecular flexibility index (Phi) is 4.28. The molecular weight excluding hydrogens is 278 g/mol. The summed E-state index contributed by atoms with van der Waals surface area (Å²) in [4.78, 5) is 0. The summed E-state index contributed by atoms with van der Waals surface area (Å²) < 4.78 is 27.5. The zero-order valence-electron chi connectivity index (χ0n) is 13.2. The van der Waals surface area contributed by atoms with Crippen LogP contribution < -0.4 is 0 Å². The fourth-order valence-corrected chi connectivity index (χ4v) is 3.52. The average Bonchev–Trinajstić information content (AvgIpc) is 2.53. The fourth-order valence-electron chi connectivity index (χ4n) is 3.52. The minimum absolute atomic E-state index is 0.379. The summed E-state index contributed by atoms with van der Waals surface area (Å²) >= 11 is 0. The number of hydrogen-bond donors (Lipinski definition) is 0. The summed E-state index contributed by atoms with van der Waals surface area (Å²) in [5, 5.41) is 0. The lowest BCUT2D eigenvalue weighted by molar-refractivity contribution is 0.348. The quantitative estimate of drug-likeness (QED) is 0.616. The van der Waals surface area contributed by atoms with Gasteiger partial charge >= 0.3 is 0 Å². The summed E-state index contributed by atoms with van der Waals surface area (Å²) in [5.41, 5.74) is 3.22. The van der Waals surface area contributed by atoms with Gasteiger partial charge in [0, 0.05) is 5.56 Å². The van der Waals surface area contributed by atoms with Gasteiger partial charge in [-0.2, -0.15) is 0 Å². The van der Waals surface area contributed by atoms with Crippen molar-refractivity contribution in [3.63, 3.8) is 0 Å². The standard InChI is InChI=1S/C20H22F2/c1-13-3-6-15(7-4-13)16-8-10-17(11-9-16)19-14(2)5-12-18(21)20(19)22/h5,8-13,15H,3-4,6-7H2,1-2H3. The van der Waals surface area contributed by atoms with E-state index in [1.807, 2.05) is 19.1 Å². The van der Waals surface area contributed by atoms with Gasteiger partial charge in [0.05, 0.1) is 0 Å². The Bertz CT molecular complexity index is 650. The van der Waals surface area contributed by atoms with E-state index in [9.17, 15) is 8.78 Å². The molecule has 3 rings (SSSR count). The summed E-state index contributed by atoms with van der Waals surface area (Å²) in [6, 6.07) is 10.8. The smallest absolute Gasteiger partial charge is 0.166 e. The third kappa shape index (κ3) is 2.92. The molecule has 2 aromatic carbocycles. The summed E-state index contributed by atoms with van der Waals surface area (Å²) in [6.45, 7) is 4.13. The van der Waals surface area contributed by atoms with E-state index in [2.05, 4.69) is 19.1 Å². The minimum atomic E-state index is -0.786. The van der Waals surface area contributed by atoms with Gasteiger partial charge in [0.15, 0.2) is 11.6 Å². The van der Waals surface area contributed by atoms with Crippen LogP contribution in [0.2, 0.25) is 0 Å². The first-order chi connectivity index (χ1) is 10.6. The Labute approximate surface area is 131 Å². The first kappa shape index (κ1) is 15.2. The van der Waals surface area contributed by atoms with E-state index in [-0.39, 0.29) is 0 Å². The van der Waals surface area contributed by atoms with Crippen LogP contribution in [0.5, 0.6) is 0 Å². The molecule has 22 heavy (non-hydrogen) atoms. The van der Waals surface area contributed by atoms with Crippen molar-refractivity contribution >= 4 is 0 Å². The van der Waals surface area contributed by atoms with Crippen LogP contribution in [-0.2, 0) is 0 Å². The van der Waals surface area contributed by atoms with Crippen LogP contribution in [0.1, 0.15) is 49.7 Å². The fraction of sp³-hybridized carbons (Fsp3) is 0.400. The molecule has 116 valence electrons. The van der Waals surface area contributed by atoms with Gasteiger partial charge in [0.2, 0.25) is 0 Å². The Hall–Kier alpha value is -1.70. The maximum absolute atomic E-state index is 14.1. The molecule has 0 unspecified atom stereocenters. The highest BCUT2D eigenvalue weighted by atomic mass is 19.2. The topological polar surface area (TPSA) is 0 Å². The van der Waals surface area contributed by atoms with Crippen molar-refractivity contribution < 1.29 is 8.78 Å². The highest BCUT2D eigenvalue weighted by Gasteiger charge is 2.20. The van der Waals surface area contributed by atoms with E-state index in [1.54, 1.807) is 6.07 Å². The van der Waals surface area contributed by atoms with Crippen molar-refractivity contribution in [2.45, 2.75) is 45.4 Å². The third-order valence-electron chi connectivity index (χ3n) is 4.99. The van der Waals surface area contributed by atoms with Gasteiger partial charge in [-0.25, -0.2) is 8.78 Å². The molecule has 0 amide bonds. The molecule has 1 aliphatic carbocycles. The van der Waals surface area contributed by atoms with Crippen molar-refractivity contribution in [1.82, 2.24) is 0 Å². The Balaban J connectivity index is 1.87. The number of halogens is 2. The van der Waals surface area contributed by atoms with Gasteiger partial charge in [0.25, 0.3) is 0 Å². The molecule has 0 saturated heterocycles. The molecule has 1 aliphatic rings. The molecular formula is C20H22F2. The second kappa shape index (κ2) is 6.20. The van der Waals surface area contributed by atoms with Crippen LogP contribution in [0.3, 0.4) is 0 Å². The first-order valence-electron chi connectivity index (χ1n) is 8.11. The highest BCUT2D eigenvalue weighted by molar-refractivity contribution is 5.68. The largest absolute Gasteiger partial charge is 0.204 e. The molecule has 0 radical (unpaired) electrons. The lowest BCUT2D eigenvalue weighted by Gasteiger charge is -2.26. The lowest BCUT2D eigenvalue weighted by Crippen LogP contribution is -2.10. The molecule has 0 bridgehead atoms. The van der Waals surface area contributed by atoms with Gasteiger partial charge in [-0.15, -0.1) is 0 Å². The van der Waals surface area contributed by atoms with Crippen LogP contribution in [0.25, 0.3) is 11.1 Å². The van der Waals surface area contributed by atoms with Gasteiger partial charge in [0.1, 0.15) is 0 Å².